The smallest absolute Gasteiger partial charge is 0.262 e. The highest BCUT2D eigenvalue weighted by molar-refractivity contribution is 8.05. The maximum Gasteiger partial charge on any atom is 0.262 e. The summed E-state index contributed by atoms with van der Waals surface area (Å²) in [5.74, 6) is 1.45. The third-order valence-corrected chi connectivity index (χ3v) is 7.04. The molecule has 1 aliphatic heterocycles. The summed E-state index contributed by atoms with van der Waals surface area (Å²) in [4.78, 5) is 16.4. The molecule has 1 unspecified atom stereocenters. The van der Waals surface area contributed by atoms with Gasteiger partial charge in [0.1, 0.15) is 5.75 Å². The minimum atomic E-state index is -0.101. The lowest BCUT2D eigenvalue weighted by atomic mass is 9.85. The molecule has 30 heavy (non-hydrogen) atoms. The summed E-state index contributed by atoms with van der Waals surface area (Å²) in [6.07, 6.45) is 6.69. The maximum absolute atomic E-state index is 13.6. The van der Waals surface area contributed by atoms with Gasteiger partial charge >= 0.3 is 0 Å². The second-order valence-electron chi connectivity index (χ2n) is 8.00. The van der Waals surface area contributed by atoms with Crippen molar-refractivity contribution in [1.29, 1.82) is 0 Å². The van der Waals surface area contributed by atoms with E-state index in [1.807, 2.05) is 55.5 Å². The summed E-state index contributed by atoms with van der Waals surface area (Å²) in [7, 11) is 0. The first-order valence-corrected chi connectivity index (χ1v) is 11.8. The van der Waals surface area contributed by atoms with Gasteiger partial charge in [-0.1, -0.05) is 67.9 Å². The van der Waals surface area contributed by atoms with Crippen LogP contribution >= 0.6 is 11.8 Å². The molecule has 2 aliphatic rings. The number of ether oxygens (including phenoxy) is 1. The lowest BCUT2D eigenvalue weighted by molar-refractivity contribution is -0.129. The maximum atomic E-state index is 13.6. The van der Waals surface area contributed by atoms with E-state index in [9.17, 15) is 4.79 Å². The third-order valence-electron chi connectivity index (χ3n) is 5.93. The van der Waals surface area contributed by atoms with Crippen LogP contribution in [-0.2, 0) is 4.79 Å². The zero-order valence-corrected chi connectivity index (χ0v) is 18.5. The molecule has 1 amide bonds. The molecule has 0 spiro atoms. The Labute approximate surface area is 183 Å². The lowest BCUT2D eigenvalue weighted by Crippen LogP contribution is -2.48. The second kappa shape index (κ2) is 9.61. The number of hydrogen-bond donors (Lipinski definition) is 1. The van der Waals surface area contributed by atoms with Crippen molar-refractivity contribution in [1.82, 2.24) is 4.90 Å². The number of anilines is 1. The number of nitrogens with one attached hydrogen (secondary N) is 1. The molecule has 2 aromatic carbocycles. The summed E-state index contributed by atoms with van der Waals surface area (Å²) in [6.45, 7) is 4.87. The fourth-order valence-electron chi connectivity index (χ4n) is 4.40. The Morgan fingerprint density at radius 3 is 2.60 bits per heavy atom. The average molecular weight is 423 g/mol. The van der Waals surface area contributed by atoms with Gasteiger partial charge in [-0.2, -0.15) is 0 Å². The summed E-state index contributed by atoms with van der Waals surface area (Å²) in [6, 6.07) is 18.4. The molecular weight excluding hydrogens is 392 g/mol. The van der Waals surface area contributed by atoms with Gasteiger partial charge in [0, 0.05) is 17.3 Å². The van der Waals surface area contributed by atoms with Gasteiger partial charge in [-0.3, -0.25) is 4.79 Å². The lowest BCUT2D eigenvalue weighted by Gasteiger charge is -2.39. The Morgan fingerprint density at radius 1 is 1.10 bits per heavy atom. The molecule has 4 nitrogen and oxygen atoms in total. The monoisotopic (exact) mass is 422 g/mol. The van der Waals surface area contributed by atoms with E-state index in [0.717, 1.165) is 28.3 Å². The van der Waals surface area contributed by atoms with Gasteiger partial charge in [-0.15, -0.1) is 0 Å². The number of para-hydroxylation sites is 2. The molecule has 1 heterocycles. The zero-order valence-electron chi connectivity index (χ0n) is 17.7. The molecule has 158 valence electrons. The van der Waals surface area contributed by atoms with E-state index >= 15 is 0 Å². The minimum Gasteiger partial charge on any atom is -0.493 e. The number of nitrogens with zero attached hydrogens (tertiary/aromatic N) is 1. The van der Waals surface area contributed by atoms with Crippen molar-refractivity contribution < 1.29 is 9.53 Å². The molecule has 0 radical (unpaired) electrons. The van der Waals surface area contributed by atoms with E-state index in [4.69, 9.17) is 4.74 Å². The van der Waals surface area contributed by atoms with Crippen LogP contribution in [0.2, 0.25) is 0 Å². The standard InChI is InChI=1S/C25H30N2O2S/c1-3-29-22-16-10-8-12-19(22)17-23-24(28)27(21-15-9-7-11-18(21)2)25(30-23)26-20-13-5-4-6-14-20/h4-6,8,10,12-14,16-18,21,25-26H,3,7,9,11,15H2,1-2H3/b23-17-/t18-,21-,25?/m0/s1. The van der Waals surface area contributed by atoms with Crippen molar-refractivity contribution in [3.05, 3.63) is 65.1 Å². The molecule has 2 fully saturated rings. The van der Waals surface area contributed by atoms with Crippen LogP contribution in [0.5, 0.6) is 5.75 Å². The molecule has 0 bridgehead atoms. The van der Waals surface area contributed by atoms with Crippen LogP contribution in [0, 0.1) is 5.92 Å². The van der Waals surface area contributed by atoms with E-state index in [-0.39, 0.29) is 17.4 Å². The van der Waals surface area contributed by atoms with E-state index in [0.29, 0.717) is 12.5 Å². The number of carbonyl (C=O) groups excluding carboxylic acids is 1. The van der Waals surface area contributed by atoms with Gasteiger partial charge in [-0.05, 0) is 50.0 Å². The highest BCUT2D eigenvalue weighted by Gasteiger charge is 2.42. The normalized spacial score (nSPS) is 25.5. The summed E-state index contributed by atoms with van der Waals surface area (Å²) in [5, 5.41) is 3.59. The summed E-state index contributed by atoms with van der Waals surface area (Å²) in [5.41, 5.74) is 1.88. The van der Waals surface area contributed by atoms with Gasteiger partial charge in [-0.25, -0.2) is 0 Å². The van der Waals surface area contributed by atoms with E-state index in [1.54, 1.807) is 11.8 Å². The van der Waals surface area contributed by atoms with Crippen LogP contribution in [0.15, 0.2) is 59.5 Å². The first-order valence-electron chi connectivity index (χ1n) is 10.9. The third kappa shape index (κ3) is 4.51. The van der Waals surface area contributed by atoms with Crippen molar-refractivity contribution in [2.45, 2.75) is 51.1 Å². The van der Waals surface area contributed by atoms with Gasteiger partial charge < -0.3 is 15.0 Å². The number of carbonyl (C=O) groups is 1. The highest BCUT2D eigenvalue weighted by Crippen LogP contribution is 2.42. The van der Waals surface area contributed by atoms with Crippen LogP contribution in [0.3, 0.4) is 0 Å². The Bertz CT molecular complexity index is 899. The summed E-state index contributed by atoms with van der Waals surface area (Å²) < 4.78 is 5.77. The Hall–Kier alpha value is -2.40. The van der Waals surface area contributed by atoms with Crippen LogP contribution in [0.25, 0.3) is 6.08 Å². The number of thioether (sulfide) groups is 1. The molecule has 4 rings (SSSR count). The molecule has 1 saturated heterocycles. The van der Waals surface area contributed by atoms with Gasteiger partial charge in [0.2, 0.25) is 0 Å². The number of rotatable bonds is 6. The van der Waals surface area contributed by atoms with Crippen LogP contribution in [0.1, 0.15) is 45.1 Å². The largest absolute Gasteiger partial charge is 0.493 e. The van der Waals surface area contributed by atoms with E-state index in [2.05, 4.69) is 29.3 Å². The number of amides is 1. The minimum absolute atomic E-state index is 0.101. The van der Waals surface area contributed by atoms with Crippen molar-refractivity contribution in [2.75, 3.05) is 11.9 Å². The molecule has 5 heteroatoms. The van der Waals surface area contributed by atoms with Gasteiger partial charge in [0.05, 0.1) is 11.5 Å². The fraction of sp³-hybridized carbons (Fsp3) is 0.400. The van der Waals surface area contributed by atoms with Crippen molar-refractivity contribution >= 4 is 29.4 Å². The molecule has 0 aromatic heterocycles. The fourth-order valence-corrected chi connectivity index (χ4v) is 5.60. The Kier molecular flexibility index (Phi) is 6.68. The van der Waals surface area contributed by atoms with Crippen LogP contribution in [-0.4, -0.2) is 29.0 Å². The predicted molar refractivity (Wildman–Crippen MR) is 125 cm³/mol. The first kappa shape index (κ1) is 20.9. The predicted octanol–water partition coefficient (Wildman–Crippen LogP) is 5.98. The molecular formula is C25H30N2O2S. The zero-order chi connectivity index (χ0) is 20.9. The van der Waals surface area contributed by atoms with Crippen molar-refractivity contribution in [2.24, 2.45) is 5.92 Å². The summed E-state index contributed by atoms with van der Waals surface area (Å²) >= 11 is 1.61. The van der Waals surface area contributed by atoms with Gasteiger partial charge in [0.25, 0.3) is 5.91 Å². The Morgan fingerprint density at radius 2 is 1.83 bits per heavy atom. The second-order valence-corrected chi connectivity index (χ2v) is 9.12. The van der Waals surface area contributed by atoms with Gasteiger partial charge in [0.15, 0.2) is 5.50 Å². The van der Waals surface area contributed by atoms with E-state index in [1.165, 1.54) is 19.3 Å². The quantitative estimate of drug-likeness (QED) is 0.582. The molecule has 3 atom stereocenters. The molecule has 1 saturated carbocycles. The topological polar surface area (TPSA) is 41.6 Å². The molecule has 1 N–H and O–H groups in total. The van der Waals surface area contributed by atoms with Crippen molar-refractivity contribution in [3.63, 3.8) is 0 Å². The average Bonchev–Trinajstić information content (AvgIpc) is 3.05. The van der Waals surface area contributed by atoms with E-state index < -0.39 is 0 Å². The van der Waals surface area contributed by atoms with Crippen LogP contribution < -0.4 is 10.1 Å². The SMILES string of the molecule is CCOc1ccccc1/C=C1\SC(Nc2ccccc2)N([C@H]2CCCC[C@@H]2C)C1=O. The highest BCUT2D eigenvalue weighted by atomic mass is 32.2. The Balaban J connectivity index is 1.66. The van der Waals surface area contributed by atoms with Crippen LogP contribution in [0.4, 0.5) is 5.69 Å². The molecule has 1 aliphatic carbocycles. The number of hydrogen-bond acceptors (Lipinski definition) is 4. The van der Waals surface area contributed by atoms with Crippen molar-refractivity contribution in [3.8, 4) is 5.75 Å². The molecule has 2 aromatic rings. The number of benzene rings is 2. The first-order chi connectivity index (χ1) is 14.7.